The van der Waals surface area contributed by atoms with Crippen LogP contribution in [0.3, 0.4) is 0 Å². The van der Waals surface area contributed by atoms with Crippen LogP contribution < -0.4 is 0 Å². The minimum absolute atomic E-state index is 0.0881. The molecule has 0 radical (unpaired) electrons. The van der Waals surface area contributed by atoms with E-state index in [2.05, 4.69) is 114 Å². The molecule has 0 aliphatic rings. The standard InChI is InChI=1S/C28H34/c1-7-9-11-27(25-17-13-23(14-18-25)21(3)4)28(12-10-8-2)26-19-15-24(16-20-26)22(5)6/h13-22,27-28H,7-8H2,1-6H3/t27-,28-/m1/s1. The fraction of sp³-hybridized carbons (Fsp3) is 0.429. The van der Waals surface area contributed by atoms with Crippen LogP contribution >= 0.6 is 0 Å². The second-order valence-corrected chi connectivity index (χ2v) is 7.95. The van der Waals surface area contributed by atoms with Crippen LogP contribution in [0.15, 0.2) is 48.5 Å². The lowest BCUT2D eigenvalue weighted by Crippen LogP contribution is -2.09. The normalized spacial score (nSPS) is 12.7. The van der Waals surface area contributed by atoms with Crippen molar-refractivity contribution in [3.63, 3.8) is 0 Å². The molecule has 0 spiro atoms. The van der Waals surface area contributed by atoms with Crippen molar-refractivity contribution in [2.45, 2.75) is 78.1 Å². The van der Waals surface area contributed by atoms with Crippen LogP contribution in [-0.2, 0) is 0 Å². The first-order chi connectivity index (χ1) is 13.5. The van der Waals surface area contributed by atoms with Crippen LogP contribution in [-0.4, -0.2) is 0 Å². The lowest BCUT2D eigenvalue weighted by atomic mass is 9.81. The molecule has 2 rings (SSSR count). The van der Waals surface area contributed by atoms with Gasteiger partial charge in [0.25, 0.3) is 0 Å². The van der Waals surface area contributed by atoms with Gasteiger partial charge in [-0.25, -0.2) is 0 Å². The number of hydrogen-bond acceptors (Lipinski definition) is 0. The van der Waals surface area contributed by atoms with Gasteiger partial charge in [-0.3, -0.25) is 0 Å². The first kappa shape index (κ1) is 21.9. The molecule has 0 nitrogen and oxygen atoms in total. The van der Waals surface area contributed by atoms with Crippen molar-refractivity contribution >= 4 is 0 Å². The van der Waals surface area contributed by atoms with Crippen molar-refractivity contribution in [3.8, 4) is 23.7 Å². The van der Waals surface area contributed by atoms with Gasteiger partial charge in [-0.1, -0.05) is 102 Å². The summed E-state index contributed by atoms with van der Waals surface area (Å²) in [6.45, 7) is 13.1. The summed E-state index contributed by atoms with van der Waals surface area (Å²) in [5, 5.41) is 0. The molecule has 28 heavy (non-hydrogen) atoms. The van der Waals surface area contributed by atoms with Crippen LogP contribution in [0.5, 0.6) is 0 Å². The van der Waals surface area contributed by atoms with Crippen molar-refractivity contribution < 1.29 is 0 Å². The van der Waals surface area contributed by atoms with E-state index in [9.17, 15) is 0 Å². The zero-order valence-corrected chi connectivity index (χ0v) is 18.3. The van der Waals surface area contributed by atoms with E-state index in [1.807, 2.05) is 0 Å². The van der Waals surface area contributed by atoms with E-state index in [4.69, 9.17) is 0 Å². The molecule has 0 saturated heterocycles. The van der Waals surface area contributed by atoms with Crippen LogP contribution in [0.25, 0.3) is 0 Å². The topological polar surface area (TPSA) is 0 Å². The Morgan fingerprint density at radius 1 is 0.536 bits per heavy atom. The molecule has 0 bridgehead atoms. The zero-order valence-electron chi connectivity index (χ0n) is 18.3. The third kappa shape index (κ3) is 5.78. The van der Waals surface area contributed by atoms with Crippen LogP contribution in [0, 0.1) is 23.7 Å². The summed E-state index contributed by atoms with van der Waals surface area (Å²) in [5.41, 5.74) is 5.24. The monoisotopic (exact) mass is 370 g/mol. The Morgan fingerprint density at radius 2 is 0.821 bits per heavy atom. The molecule has 146 valence electrons. The molecule has 2 aromatic rings. The van der Waals surface area contributed by atoms with Gasteiger partial charge in [0, 0.05) is 12.8 Å². The Hall–Kier alpha value is -2.44. The van der Waals surface area contributed by atoms with E-state index < -0.39 is 0 Å². The van der Waals surface area contributed by atoms with Crippen LogP contribution in [0.4, 0.5) is 0 Å². The predicted molar refractivity (Wildman–Crippen MR) is 123 cm³/mol. The summed E-state index contributed by atoms with van der Waals surface area (Å²) in [6.07, 6.45) is 1.72. The Kier molecular flexibility index (Phi) is 8.42. The SMILES string of the molecule is CCC#C[C@H](c1ccc(C(C)C)cc1)[C@H](C#CCC)c1ccc(C(C)C)cc1. The highest BCUT2D eigenvalue weighted by atomic mass is 14.2. The molecule has 0 fully saturated rings. The maximum atomic E-state index is 3.53. The summed E-state index contributed by atoms with van der Waals surface area (Å²) >= 11 is 0. The van der Waals surface area contributed by atoms with Gasteiger partial charge in [0.15, 0.2) is 0 Å². The van der Waals surface area contributed by atoms with Crippen LogP contribution in [0.1, 0.15) is 100 Å². The molecular formula is C28H34. The van der Waals surface area contributed by atoms with Crippen LogP contribution in [0.2, 0.25) is 0 Å². The average Bonchev–Trinajstić information content (AvgIpc) is 2.70. The fourth-order valence-corrected chi connectivity index (χ4v) is 3.32. The molecule has 0 aliphatic carbocycles. The minimum Gasteiger partial charge on any atom is -0.103 e. The second-order valence-electron chi connectivity index (χ2n) is 7.95. The van der Waals surface area contributed by atoms with Crippen molar-refractivity contribution in [1.82, 2.24) is 0 Å². The molecule has 0 N–H and O–H groups in total. The Morgan fingerprint density at radius 3 is 1.07 bits per heavy atom. The quantitative estimate of drug-likeness (QED) is 0.475. The largest absolute Gasteiger partial charge is 0.103 e. The van der Waals surface area contributed by atoms with Crippen molar-refractivity contribution in [3.05, 3.63) is 70.8 Å². The number of rotatable bonds is 5. The third-order valence-corrected chi connectivity index (χ3v) is 5.13. The molecule has 0 saturated carbocycles. The van der Waals surface area contributed by atoms with E-state index in [1.165, 1.54) is 22.3 Å². The Balaban J connectivity index is 2.50. The maximum Gasteiger partial charge on any atom is 0.0630 e. The van der Waals surface area contributed by atoms with Crippen molar-refractivity contribution in [1.29, 1.82) is 0 Å². The summed E-state index contributed by atoms with van der Waals surface area (Å²) in [6, 6.07) is 17.9. The summed E-state index contributed by atoms with van der Waals surface area (Å²) in [7, 11) is 0. The van der Waals surface area contributed by atoms with Gasteiger partial charge in [-0.05, 0) is 34.1 Å². The van der Waals surface area contributed by atoms with Gasteiger partial charge in [0.05, 0.1) is 11.8 Å². The van der Waals surface area contributed by atoms with Crippen molar-refractivity contribution in [2.24, 2.45) is 0 Å². The highest BCUT2D eigenvalue weighted by molar-refractivity contribution is 5.42. The van der Waals surface area contributed by atoms with Gasteiger partial charge in [-0.15, -0.1) is 11.8 Å². The summed E-state index contributed by atoms with van der Waals surface area (Å²) in [4.78, 5) is 0. The predicted octanol–water partition coefficient (Wildman–Crippen LogP) is 7.63. The molecule has 2 aromatic carbocycles. The lowest BCUT2D eigenvalue weighted by molar-refractivity contribution is 0.773. The molecule has 0 amide bonds. The molecule has 0 unspecified atom stereocenters. The van der Waals surface area contributed by atoms with E-state index in [0.29, 0.717) is 11.8 Å². The molecule has 0 aliphatic heterocycles. The lowest BCUT2D eigenvalue weighted by Gasteiger charge is -2.21. The second kappa shape index (κ2) is 10.8. The van der Waals surface area contributed by atoms with Gasteiger partial charge < -0.3 is 0 Å². The molecule has 0 heterocycles. The van der Waals surface area contributed by atoms with E-state index in [1.54, 1.807) is 0 Å². The molecule has 0 aromatic heterocycles. The van der Waals surface area contributed by atoms with E-state index >= 15 is 0 Å². The highest BCUT2D eigenvalue weighted by Crippen LogP contribution is 2.34. The first-order valence-corrected chi connectivity index (χ1v) is 10.6. The number of benzene rings is 2. The minimum atomic E-state index is 0.0881. The van der Waals surface area contributed by atoms with Gasteiger partial charge >= 0.3 is 0 Å². The molecule has 2 atom stereocenters. The smallest absolute Gasteiger partial charge is 0.0630 e. The molecular weight excluding hydrogens is 336 g/mol. The highest BCUT2D eigenvalue weighted by Gasteiger charge is 2.22. The molecule has 0 heteroatoms. The van der Waals surface area contributed by atoms with Crippen molar-refractivity contribution in [2.75, 3.05) is 0 Å². The Labute approximate surface area is 172 Å². The first-order valence-electron chi connectivity index (χ1n) is 10.6. The zero-order chi connectivity index (χ0) is 20.5. The van der Waals surface area contributed by atoms with Gasteiger partial charge in [-0.2, -0.15) is 0 Å². The summed E-state index contributed by atoms with van der Waals surface area (Å²) in [5.74, 6) is 14.9. The fourth-order valence-electron chi connectivity index (χ4n) is 3.32. The van der Waals surface area contributed by atoms with E-state index in [-0.39, 0.29) is 11.8 Å². The summed E-state index contributed by atoms with van der Waals surface area (Å²) < 4.78 is 0. The Bertz CT molecular complexity index is 767. The van der Waals surface area contributed by atoms with E-state index in [0.717, 1.165) is 12.8 Å². The average molecular weight is 371 g/mol. The van der Waals surface area contributed by atoms with Gasteiger partial charge in [0.1, 0.15) is 0 Å². The van der Waals surface area contributed by atoms with Gasteiger partial charge in [0.2, 0.25) is 0 Å². The third-order valence-electron chi connectivity index (χ3n) is 5.13. The number of hydrogen-bond donors (Lipinski definition) is 0. The maximum absolute atomic E-state index is 3.53.